The summed E-state index contributed by atoms with van der Waals surface area (Å²) in [5.74, 6) is 0.238. The van der Waals surface area contributed by atoms with Gasteiger partial charge in [0.05, 0.1) is 17.1 Å². The van der Waals surface area contributed by atoms with E-state index in [1.54, 1.807) is 11.3 Å². The third kappa shape index (κ3) is 5.08. The smallest absolute Gasteiger partial charge is 0.228 e. The van der Waals surface area contributed by atoms with Crippen LogP contribution in [0.2, 0.25) is 0 Å². The van der Waals surface area contributed by atoms with Crippen molar-refractivity contribution in [2.75, 3.05) is 13.1 Å². The summed E-state index contributed by atoms with van der Waals surface area (Å²) in [4.78, 5) is 19.0. The number of thiazole rings is 1. The zero-order chi connectivity index (χ0) is 15.1. The molecule has 1 aromatic rings. The first-order chi connectivity index (χ1) is 10.2. The maximum atomic E-state index is 12.4. The highest BCUT2D eigenvalue weighted by molar-refractivity contribution is 7.09. The van der Waals surface area contributed by atoms with E-state index in [4.69, 9.17) is 5.73 Å². The highest BCUT2D eigenvalue weighted by Gasteiger charge is 2.23. The van der Waals surface area contributed by atoms with Crippen molar-refractivity contribution in [2.24, 2.45) is 5.73 Å². The second-order valence-corrected chi connectivity index (χ2v) is 6.88. The van der Waals surface area contributed by atoms with Gasteiger partial charge in [0, 0.05) is 18.0 Å². The van der Waals surface area contributed by atoms with E-state index in [2.05, 4.69) is 11.9 Å². The van der Waals surface area contributed by atoms with E-state index in [0.29, 0.717) is 12.5 Å². The van der Waals surface area contributed by atoms with Crippen LogP contribution in [0.25, 0.3) is 0 Å². The van der Waals surface area contributed by atoms with Crippen molar-refractivity contribution in [1.29, 1.82) is 0 Å². The Hall–Kier alpha value is -0.940. The van der Waals surface area contributed by atoms with E-state index in [1.807, 2.05) is 10.3 Å². The summed E-state index contributed by atoms with van der Waals surface area (Å²) in [6.07, 6.45) is 8.38. The van der Waals surface area contributed by atoms with E-state index in [9.17, 15) is 4.79 Å². The molecule has 1 amide bonds. The second kappa shape index (κ2) is 8.49. The zero-order valence-electron chi connectivity index (χ0n) is 13.0. The minimum absolute atomic E-state index is 0.238. The molecule has 0 aromatic carbocycles. The summed E-state index contributed by atoms with van der Waals surface area (Å²) < 4.78 is 0. The van der Waals surface area contributed by atoms with Gasteiger partial charge in [0.2, 0.25) is 5.91 Å². The predicted octanol–water partition coefficient (Wildman–Crippen LogP) is 2.76. The van der Waals surface area contributed by atoms with Crippen molar-refractivity contribution in [3.63, 3.8) is 0 Å². The molecule has 4 nitrogen and oxygen atoms in total. The summed E-state index contributed by atoms with van der Waals surface area (Å²) in [7, 11) is 0. The molecule has 1 aromatic heterocycles. The van der Waals surface area contributed by atoms with Gasteiger partial charge in [0.1, 0.15) is 0 Å². The Labute approximate surface area is 131 Å². The number of aromatic nitrogens is 1. The van der Waals surface area contributed by atoms with Crippen molar-refractivity contribution >= 4 is 17.2 Å². The van der Waals surface area contributed by atoms with Gasteiger partial charge in [-0.2, -0.15) is 0 Å². The molecule has 1 unspecified atom stereocenters. The first kappa shape index (κ1) is 16.4. The van der Waals surface area contributed by atoms with E-state index in [-0.39, 0.29) is 5.91 Å². The van der Waals surface area contributed by atoms with E-state index in [1.165, 1.54) is 6.42 Å². The molecule has 1 fully saturated rings. The highest BCUT2D eigenvalue weighted by atomic mass is 32.1. The summed E-state index contributed by atoms with van der Waals surface area (Å²) in [6.45, 7) is 3.84. The fraction of sp³-hybridized carbons (Fsp3) is 0.750. The van der Waals surface area contributed by atoms with Crippen molar-refractivity contribution in [3.8, 4) is 0 Å². The molecule has 21 heavy (non-hydrogen) atoms. The molecule has 118 valence electrons. The second-order valence-electron chi connectivity index (χ2n) is 5.94. The van der Waals surface area contributed by atoms with Gasteiger partial charge in [-0.25, -0.2) is 4.98 Å². The average molecular weight is 309 g/mol. The number of rotatable bonds is 7. The number of carbonyl (C=O) groups is 1. The molecule has 1 saturated heterocycles. The van der Waals surface area contributed by atoms with E-state index < -0.39 is 0 Å². The molecule has 1 atom stereocenters. The molecule has 0 saturated carbocycles. The largest absolute Gasteiger partial charge is 0.340 e. The number of nitrogens with two attached hydrogens (primary N) is 1. The molecule has 2 rings (SSSR count). The first-order valence-corrected chi connectivity index (χ1v) is 9.01. The van der Waals surface area contributed by atoms with Crippen molar-refractivity contribution < 1.29 is 4.79 Å². The van der Waals surface area contributed by atoms with Crippen LogP contribution in [0, 0.1) is 0 Å². The lowest BCUT2D eigenvalue weighted by Crippen LogP contribution is -2.42. The first-order valence-electron chi connectivity index (χ1n) is 8.13. The lowest BCUT2D eigenvalue weighted by atomic mass is 10.0. The van der Waals surface area contributed by atoms with Gasteiger partial charge in [-0.05, 0) is 52.0 Å². The third-order valence-electron chi connectivity index (χ3n) is 4.15. The Morgan fingerprint density at radius 3 is 3.05 bits per heavy atom. The zero-order valence-corrected chi connectivity index (χ0v) is 13.8. The van der Waals surface area contributed by atoms with Crippen LogP contribution in [0.1, 0.15) is 56.2 Å². The maximum Gasteiger partial charge on any atom is 0.228 e. The summed E-state index contributed by atoms with van der Waals surface area (Å²) >= 11 is 1.68. The molecular weight excluding hydrogens is 282 g/mol. The molecule has 0 aliphatic carbocycles. The Kier molecular flexibility index (Phi) is 6.64. The number of aryl methyl sites for hydroxylation is 1. The van der Waals surface area contributed by atoms with Crippen LogP contribution in [0.5, 0.6) is 0 Å². The lowest BCUT2D eigenvalue weighted by Gasteiger charge is -2.33. The van der Waals surface area contributed by atoms with Crippen LogP contribution in [0.4, 0.5) is 0 Å². The average Bonchev–Trinajstić information content (AvgIpc) is 2.91. The van der Waals surface area contributed by atoms with Crippen LogP contribution in [0.3, 0.4) is 0 Å². The molecular formula is C16H27N3OS. The van der Waals surface area contributed by atoms with Gasteiger partial charge >= 0.3 is 0 Å². The molecule has 5 heteroatoms. The Morgan fingerprint density at radius 1 is 1.43 bits per heavy atom. The highest BCUT2D eigenvalue weighted by Crippen LogP contribution is 2.19. The number of likely N-dealkylation sites (tertiary alicyclic amines) is 1. The van der Waals surface area contributed by atoms with Crippen LogP contribution >= 0.6 is 11.3 Å². The van der Waals surface area contributed by atoms with E-state index in [0.717, 1.165) is 62.3 Å². The fourth-order valence-corrected chi connectivity index (χ4v) is 3.71. The van der Waals surface area contributed by atoms with Gasteiger partial charge in [-0.3, -0.25) is 4.79 Å². The number of piperidine rings is 1. The van der Waals surface area contributed by atoms with Crippen molar-refractivity contribution in [1.82, 2.24) is 9.88 Å². The Morgan fingerprint density at radius 2 is 2.29 bits per heavy atom. The minimum atomic E-state index is 0.238. The number of amides is 1. The van der Waals surface area contributed by atoms with Gasteiger partial charge < -0.3 is 10.6 Å². The third-order valence-corrected chi connectivity index (χ3v) is 5.11. The summed E-state index contributed by atoms with van der Waals surface area (Å²) in [6, 6.07) is 0.389. The van der Waals surface area contributed by atoms with Gasteiger partial charge in [0.15, 0.2) is 0 Å². The normalized spacial score (nSPS) is 19.0. The monoisotopic (exact) mass is 309 g/mol. The van der Waals surface area contributed by atoms with Gasteiger partial charge in [-0.1, -0.05) is 6.42 Å². The molecule has 2 N–H and O–H groups in total. The van der Waals surface area contributed by atoms with E-state index >= 15 is 0 Å². The minimum Gasteiger partial charge on any atom is -0.340 e. The Bertz CT molecular complexity index is 446. The molecule has 0 spiro atoms. The van der Waals surface area contributed by atoms with Gasteiger partial charge in [-0.15, -0.1) is 11.3 Å². The predicted molar refractivity (Wildman–Crippen MR) is 87.5 cm³/mol. The molecule has 1 aliphatic heterocycles. The number of carbonyl (C=O) groups excluding carboxylic acids is 1. The number of hydrogen-bond donors (Lipinski definition) is 1. The standard InChI is InChI=1S/C16H27N3OS/c1-13-7-4-6-10-19(13)16(20)11-14-12-21-15(18-14)8-3-2-5-9-17/h12-13H,2-11,17H2,1H3. The van der Waals surface area contributed by atoms with Crippen LogP contribution < -0.4 is 5.73 Å². The van der Waals surface area contributed by atoms with Crippen LogP contribution in [-0.4, -0.2) is 34.9 Å². The maximum absolute atomic E-state index is 12.4. The van der Waals surface area contributed by atoms with Crippen LogP contribution in [0.15, 0.2) is 5.38 Å². The fourth-order valence-electron chi connectivity index (χ4n) is 2.87. The lowest BCUT2D eigenvalue weighted by molar-refractivity contribution is -0.133. The molecule has 0 bridgehead atoms. The summed E-state index contributed by atoms with van der Waals surface area (Å²) in [5.41, 5.74) is 6.44. The Balaban J connectivity index is 1.80. The molecule has 1 aliphatic rings. The topological polar surface area (TPSA) is 59.2 Å². The number of nitrogens with zero attached hydrogens (tertiary/aromatic N) is 2. The van der Waals surface area contributed by atoms with Crippen LogP contribution in [-0.2, 0) is 17.6 Å². The quantitative estimate of drug-likeness (QED) is 0.788. The van der Waals surface area contributed by atoms with Crippen molar-refractivity contribution in [2.45, 2.75) is 64.3 Å². The van der Waals surface area contributed by atoms with Crippen molar-refractivity contribution in [3.05, 3.63) is 16.1 Å². The van der Waals surface area contributed by atoms with Gasteiger partial charge in [0.25, 0.3) is 0 Å². The molecule has 2 heterocycles. The SMILES string of the molecule is CC1CCCCN1C(=O)Cc1csc(CCCCCN)n1. The summed E-state index contributed by atoms with van der Waals surface area (Å²) in [5, 5.41) is 3.20. The number of hydrogen-bond acceptors (Lipinski definition) is 4. The number of unbranched alkanes of at least 4 members (excludes halogenated alkanes) is 2. The molecule has 0 radical (unpaired) electrons.